The summed E-state index contributed by atoms with van der Waals surface area (Å²) < 4.78 is 24.3. The minimum atomic E-state index is -3.58. The number of alkyl halides is 2. The summed E-state index contributed by atoms with van der Waals surface area (Å²) in [4.78, 5) is 68.6. The fraction of sp³-hybridized carbons (Fsp3) is 0.848. The van der Waals surface area contributed by atoms with Gasteiger partial charge in [0.1, 0.15) is 16.4 Å². The molecule has 2 saturated carbocycles. The standard InChI is InChI=1S/C33H55Cl2N5O7S/c1-9-14-21(24(41)27(43)36-17-10-2)37-26(42)23-22-20(33(22,34)35)18-40(23)28(44)25(30(3,4)5)38-29(45)39-32(15-12-11-13-16-32)19-48(46,47)31(6,7)8/h20-23,25H,9-19H2,1-8H3,(H,36,43)(H,37,42)(H2,38,39,45)/t20-,21?,22-,23-,25+/m0/s1. The highest BCUT2D eigenvalue weighted by atomic mass is 35.5. The van der Waals surface area contributed by atoms with Crippen LogP contribution in [0.3, 0.4) is 0 Å². The van der Waals surface area contributed by atoms with E-state index in [1.54, 1.807) is 41.5 Å². The van der Waals surface area contributed by atoms with Gasteiger partial charge >= 0.3 is 6.03 Å². The fourth-order valence-electron chi connectivity index (χ4n) is 6.77. The highest BCUT2D eigenvalue weighted by Gasteiger charge is 2.74. The van der Waals surface area contributed by atoms with Gasteiger partial charge in [0.05, 0.1) is 22.1 Å². The summed E-state index contributed by atoms with van der Waals surface area (Å²) in [5.74, 6) is -3.99. The number of fused-ring (bicyclic) bond motifs is 1. The van der Waals surface area contributed by atoms with Gasteiger partial charge in [-0.25, -0.2) is 13.2 Å². The van der Waals surface area contributed by atoms with Crippen molar-refractivity contribution in [3.63, 3.8) is 0 Å². The molecule has 0 spiro atoms. The highest BCUT2D eigenvalue weighted by molar-refractivity contribution is 7.92. The number of halogens is 2. The van der Waals surface area contributed by atoms with Crippen molar-refractivity contribution in [3.05, 3.63) is 0 Å². The number of rotatable bonds is 13. The van der Waals surface area contributed by atoms with Crippen molar-refractivity contribution in [2.45, 2.75) is 140 Å². The molecule has 274 valence electrons. The van der Waals surface area contributed by atoms with E-state index in [0.717, 1.165) is 19.3 Å². The molecule has 0 radical (unpaired) electrons. The Morgan fingerprint density at radius 2 is 1.52 bits per heavy atom. The van der Waals surface area contributed by atoms with Crippen LogP contribution in [0.5, 0.6) is 0 Å². The number of Topliss-reactive ketones (excluding diaryl/α,β-unsaturated/α-hetero) is 1. The minimum Gasteiger partial charge on any atom is -0.349 e. The molecule has 2 aliphatic carbocycles. The summed E-state index contributed by atoms with van der Waals surface area (Å²) in [6, 6.07) is -4.03. The van der Waals surface area contributed by atoms with E-state index in [-0.39, 0.29) is 18.7 Å². The van der Waals surface area contributed by atoms with Gasteiger partial charge in [-0.3, -0.25) is 19.2 Å². The monoisotopic (exact) mass is 735 g/mol. The Labute approximate surface area is 295 Å². The maximum Gasteiger partial charge on any atom is 0.315 e. The van der Waals surface area contributed by atoms with Crippen molar-refractivity contribution in [1.82, 2.24) is 26.2 Å². The Morgan fingerprint density at radius 1 is 0.917 bits per heavy atom. The third kappa shape index (κ3) is 8.96. The topological polar surface area (TPSA) is 171 Å². The van der Waals surface area contributed by atoms with Crippen LogP contribution in [0, 0.1) is 17.3 Å². The Morgan fingerprint density at radius 3 is 2.04 bits per heavy atom. The second-order valence-electron chi connectivity index (χ2n) is 15.8. The zero-order chi connectivity index (χ0) is 36.5. The third-order valence-corrected chi connectivity index (χ3v) is 13.7. The third-order valence-electron chi connectivity index (χ3n) is 9.83. The van der Waals surface area contributed by atoms with Crippen molar-refractivity contribution >= 4 is 62.6 Å². The fourth-order valence-corrected chi connectivity index (χ4v) is 9.12. The number of ketones is 1. The normalized spacial score (nSPS) is 24.5. The van der Waals surface area contributed by atoms with E-state index in [9.17, 15) is 32.4 Å². The number of carbonyl (C=O) groups excluding carboxylic acids is 5. The summed E-state index contributed by atoms with van der Waals surface area (Å²) >= 11 is 13.1. The lowest BCUT2D eigenvalue weighted by Gasteiger charge is -2.41. The van der Waals surface area contributed by atoms with Gasteiger partial charge in [0.15, 0.2) is 9.84 Å². The van der Waals surface area contributed by atoms with E-state index in [1.807, 2.05) is 13.8 Å². The lowest BCUT2D eigenvalue weighted by molar-refractivity contribution is -0.144. The average molecular weight is 737 g/mol. The molecule has 3 rings (SSSR count). The zero-order valence-electron chi connectivity index (χ0n) is 29.6. The van der Waals surface area contributed by atoms with Crippen LogP contribution < -0.4 is 21.3 Å². The van der Waals surface area contributed by atoms with Crippen LogP contribution in [0.2, 0.25) is 0 Å². The number of likely N-dealkylation sites (tertiary alicyclic amines) is 1. The molecule has 1 aliphatic heterocycles. The lowest BCUT2D eigenvalue weighted by Crippen LogP contribution is -2.64. The molecule has 0 aromatic heterocycles. The van der Waals surface area contributed by atoms with Crippen LogP contribution in [0.15, 0.2) is 0 Å². The second-order valence-corrected chi connectivity index (χ2v) is 20.0. The average Bonchev–Trinajstić information content (AvgIpc) is 3.28. The Kier molecular flexibility index (Phi) is 12.6. The number of urea groups is 1. The predicted octanol–water partition coefficient (Wildman–Crippen LogP) is 3.63. The van der Waals surface area contributed by atoms with Crippen molar-refractivity contribution in [2.75, 3.05) is 18.8 Å². The SMILES string of the molecule is CCCNC(=O)C(=O)C(CCC)NC(=O)[C@@H]1[C@@H]2[C@H](CN1C(=O)[C@@H](NC(=O)NC1(CS(=O)(=O)C(C)(C)C)CCCCC1)C(C)(C)C)C2(Cl)Cl. The second kappa shape index (κ2) is 15.0. The van der Waals surface area contributed by atoms with Gasteiger partial charge in [0.25, 0.3) is 5.91 Å². The molecule has 1 heterocycles. The summed E-state index contributed by atoms with van der Waals surface area (Å²) in [6.45, 7) is 14.3. The maximum absolute atomic E-state index is 14.3. The number of sulfone groups is 1. The van der Waals surface area contributed by atoms with Gasteiger partial charge < -0.3 is 26.2 Å². The van der Waals surface area contributed by atoms with E-state index in [2.05, 4.69) is 21.3 Å². The first-order valence-electron chi connectivity index (χ1n) is 17.1. The van der Waals surface area contributed by atoms with E-state index in [0.29, 0.717) is 32.2 Å². The quantitative estimate of drug-likeness (QED) is 0.165. The van der Waals surface area contributed by atoms with Crippen molar-refractivity contribution < 1.29 is 32.4 Å². The largest absolute Gasteiger partial charge is 0.349 e. The molecule has 4 N–H and O–H groups in total. The van der Waals surface area contributed by atoms with Gasteiger partial charge in [-0.15, -0.1) is 23.2 Å². The number of amides is 5. The van der Waals surface area contributed by atoms with Crippen molar-refractivity contribution in [1.29, 1.82) is 0 Å². The van der Waals surface area contributed by atoms with Gasteiger partial charge in [0, 0.05) is 24.9 Å². The molecule has 3 aliphatic rings. The van der Waals surface area contributed by atoms with Gasteiger partial charge in [-0.2, -0.15) is 0 Å². The van der Waals surface area contributed by atoms with Crippen LogP contribution >= 0.6 is 23.2 Å². The predicted molar refractivity (Wildman–Crippen MR) is 186 cm³/mol. The van der Waals surface area contributed by atoms with Crippen LogP contribution in [0.25, 0.3) is 0 Å². The van der Waals surface area contributed by atoms with Crippen molar-refractivity contribution in [3.8, 4) is 0 Å². The molecular weight excluding hydrogens is 681 g/mol. The van der Waals surface area contributed by atoms with Crippen LogP contribution in [0.1, 0.15) is 107 Å². The van der Waals surface area contributed by atoms with Gasteiger partial charge in [-0.05, 0) is 51.9 Å². The summed E-state index contributed by atoms with van der Waals surface area (Å²) in [5, 5.41) is 11.0. The first-order chi connectivity index (χ1) is 22.0. The number of nitrogens with zero attached hydrogens (tertiary/aromatic N) is 1. The minimum absolute atomic E-state index is 0.0571. The Bertz CT molecular complexity index is 1350. The summed E-state index contributed by atoms with van der Waals surface area (Å²) in [7, 11) is -3.58. The zero-order valence-corrected chi connectivity index (χ0v) is 32.0. The first kappa shape index (κ1) is 40.3. The summed E-state index contributed by atoms with van der Waals surface area (Å²) in [6.07, 6.45) is 4.79. The smallest absolute Gasteiger partial charge is 0.315 e. The van der Waals surface area contributed by atoms with E-state index in [4.69, 9.17) is 23.2 Å². The molecule has 0 bridgehead atoms. The number of hydrogen-bond donors (Lipinski definition) is 4. The first-order valence-corrected chi connectivity index (χ1v) is 19.6. The molecule has 5 amide bonds. The summed E-state index contributed by atoms with van der Waals surface area (Å²) in [5.41, 5.74) is -1.81. The lowest BCUT2D eigenvalue weighted by atomic mass is 9.83. The molecule has 1 unspecified atom stereocenters. The number of piperidine rings is 1. The molecule has 12 nitrogen and oxygen atoms in total. The Hall–Kier alpha value is -2.12. The molecular formula is C33H55Cl2N5O7S. The molecule has 0 aromatic rings. The molecule has 5 atom stereocenters. The molecule has 0 aromatic carbocycles. The van der Waals surface area contributed by atoms with E-state index < -0.39 is 89.4 Å². The molecule has 1 saturated heterocycles. The molecule has 48 heavy (non-hydrogen) atoms. The van der Waals surface area contributed by atoms with Gasteiger partial charge in [0.2, 0.25) is 17.6 Å². The van der Waals surface area contributed by atoms with Crippen LogP contribution in [-0.4, -0.2) is 94.4 Å². The van der Waals surface area contributed by atoms with Crippen molar-refractivity contribution in [2.24, 2.45) is 17.3 Å². The molecule has 15 heteroatoms. The van der Waals surface area contributed by atoms with E-state index in [1.165, 1.54) is 4.90 Å². The number of nitrogens with one attached hydrogen (secondary N) is 4. The molecule has 3 fully saturated rings. The van der Waals surface area contributed by atoms with Crippen LogP contribution in [0.4, 0.5) is 4.79 Å². The van der Waals surface area contributed by atoms with Crippen LogP contribution in [-0.2, 0) is 29.0 Å². The highest BCUT2D eigenvalue weighted by Crippen LogP contribution is 2.65. The number of hydrogen-bond acceptors (Lipinski definition) is 7. The Balaban J connectivity index is 1.85. The number of carbonyl (C=O) groups is 5. The van der Waals surface area contributed by atoms with Gasteiger partial charge in [-0.1, -0.05) is 60.3 Å². The maximum atomic E-state index is 14.3. The van der Waals surface area contributed by atoms with E-state index >= 15 is 0 Å².